The van der Waals surface area contributed by atoms with Gasteiger partial charge in [0.25, 0.3) is 5.91 Å². The Labute approximate surface area is 189 Å². The molecule has 2 aromatic heterocycles. The Morgan fingerprint density at radius 3 is 2.58 bits per heavy atom. The molecule has 166 valence electrons. The van der Waals surface area contributed by atoms with E-state index in [0.717, 1.165) is 27.5 Å². The number of aryl methyl sites for hydroxylation is 1. The van der Waals surface area contributed by atoms with Gasteiger partial charge in [0.05, 0.1) is 25.3 Å². The summed E-state index contributed by atoms with van der Waals surface area (Å²) in [6, 6.07) is 13.6. The molecule has 9 heteroatoms. The number of nitrogens with zero attached hydrogens (tertiary/aromatic N) is 3. The van der Waals surface area contributed by atoms with Gasteiger partial charge in [-0.1, -0.05) is 0 Å². The number of amides is 3. The van der Waals surface area contributed by atoms with Gasteiger partial charge in [0.1, 0.15) is 11.5 Å². The van der Waals surface area contributed by atoms with Gasteiger partial charge in [-0.15, -0.1) is 0 Å². The third kappa shape index (κ3) is 4.02. The molecule has 33 heavy (non-hydrogen) atoms. The van der Waals surface area contributed by atoms with Crippen molar-refractivity contribution in [1.82, 2.24) is 14.8 Å². The summed E-state index contributed by atoms with van der Waals surface area (Å²) in [6.45, 7) is 3.72. The van der Waals surface area contributed by atoms with E-state index < -0.39 is 17.9 Å². The van der Waals surface area contributed by atoms with Crippen molar-refractivity contribution in [1.29, 1.82) is 5.26 Å². The number of rotatable bonds is 5. The van der Waals surface area contributed by atoms with Crippen molar-refractivity contribution < 1.29 is 23.5 Å². The van der Waals surface area contributed by atoms with Crippen molar-refractivity contribution in [2.45, 2.75) is 20.4 Å². The Kier molecular flexibility index (Phi) is 5.58. The number of nitrogens with one attached hydrogen (secondary N) is 1. The average molecular weight is 444 g/mol. The molecule has 1 aromatic carbocycles. The third-order valence-electron chi connectivity index (χ3n) is 5.35. The van der Waals surface area contributed by atoms with Crippen LogP contribution < -0.4 is 5.32 Å². The highest BCUT2D eigenvalue weighted by Crippen LogP contribution is 2.25. The minimum Gasteiger partial charge on any atom is -0.463 e. The van der Waals surface area contributed by atoms with Crippen LogP contribution in [0.4, 0.5) is 4.79 Å². The molecule has 3 aromatic rings. The molecule has 1 aliphatic rings. The van der Waals surface area contributed by atoms with Gasteiger partial charge in [0, 0.05) is 17.1 Å². The summed E-state index contributed by atoms with van der Waals surface area (Å²) in [5.41, 5.74) is 4.17. The fourth-order valence-corrected chi connectivity index (χ4v) is 3.72. The number of aromatic nitrogens is 1. The second kappa shape index (κ2) is 8.51. The second-order valence-corrected chi connectivity index (χ2v) is 7.46. The van der Waals surface area contributed by atoms with Crippen molar-refractivity contribution >= 4 is 24.0 Å². The topological polar surface area (TPSA) is 118 Å². The minimum atomic E-state index is -0.642. The first-order valence-corrected chi connectivity index (χ1v) is 10.0. The van der Waals surface area contributed by atoms with Crippen LogP contribution in [-0.4, -0.2) is 34.5 Å². The molecule has 0 bridgehead atoms. The van der Waals surface area contributed by atoms with Gasteiger partial charge >= 0.3 is 12.0 Å². The molecule has 0 spiro atoms. The van der Waals surface area contributed by atoms with Crippen LogP contribution in [-0.2, 0) is 16.1 Å². The van der Waals surface area contributed by atoms with E-state index in [1.807, 2.05) is 36.6 Å². The molecule has 0 unspecified atom stereocenters. The molecule has 1 aliphatic heterocycles. The lowest BCUT2D eigenvalue weighted by molar-refractivity contribution is -0.123. The van der Waals surface area contributed by atoms with Crippen LogP contribution in [0.25, 0.3) is 11.8 Å². The summed E-state index contributed by atoms with van der Waals surface area (Å²) in [6.07, 6.45) is 1.63. The number of nitriles is 1. The van der Waals surface area contributed by atoms with Gasteiger partial charge in [-0.3, -0.25) is 9.69 Å². The first kappa shape index (κ1) is 21.6. The highest BCUT2D eigenvalue weighted by atomic mass is 16.5. The van der Waals surface area contributed by atoms with E-state index in [1.165, 1.54) is 19.2 Å². The maximum atomic E-state index is 12.9. The molecule has 1 saturated heterocycles. The Bertz CT molecular complexity index is 1340. The Morgan fingerprint density at radius 1 is 1.18 bits per heavy atom. The van der Waals surface area contributed by atoms with E-state index in [4.69, 9.17) is 9.68 Å². The Morgan fingerprint density at radius 2 is 1.91 bits per heavy atom. The first-order valence-electron chi connectivity index (χ1n) is 10.0. The monoisotopic (exact) mass is 444 g/mol. The van der Waals surface area contributed by atoms with Gasteiger partial charge in [0.2, 0.25) is 5.76 Å². The fraction of sp³-hybridized carbons (Fsp3) is 0.167. The van der Waals surface area contributed by atoms with Crippen LogP contribution >= 0.6 is 0 Å². The molecule has 0 saturated carbocycles. The smallest absolute Gasteiger partial charge is 0.373 e. The van der Waals surface area contributed by atoms with Gasteiger partial charge < -0.3 is 19.0 Å². The average Bonchev–Trinajstić information content (AvgIpc) is 3.47. The van der Waals surface area contributed by atoms with E-state index in [2.05, 4.69) is 16.1 Å². The quantitative estimate of drug-likeness (QED) is 0.366. The number of hydrogen-bond donors (Lipinski definition) is 1. The Balaban J connectivity index is 1.58. The van der Waals surface area contributed by atoms with Crippen LogP contribution in [0, 0.1) is 25.2 Å². The molecular formula is C24H20N4O5. The van der Waals surface area contributed by atoms with Gasteiger partial charge in [-0.05, 0) is 68.0 Å². The number of esters is 1. The zero-order valence-electron chi connectivity index (χ0n) is 18.2. The number of carbonyl (C=O) groups excluding carboxylic acids is 3. The SMILES string of the molecule is COC(=O)c1ccc(CN2C(=O)N/C(=C\c3cc(C)n(-c4ccc(C#N)cc4)c3C)C2=O)o1. The van der Waals surface area contributed by atoms with E-state index in [9.17, 15) is 14.4 Å². The zero-order chi connectivity index (χ0) is 23.7. The number of urea groups is 1. The number of ether oxygens (including phenoxy) is 1. The molecule has 0 atom stereocenters. The normalized spacial score (nSPS) is 14.5. The lowest BCUT2D eigenvalue weighted by Gasteiger charge is -2.10. The van der Waals surface area contributed by atoms with Crippen LogP contribution in [0.2, 0.25) is 0 Å². The van der Waals surface area contributed by atoms with E-state index >= 15 is 0 Å². The number of methoxy groups -OCH3 is 1. The van der Waals surface area contributed by atoms with Crippen LogP contribution in [0.15, 0.2) is 52.6 Å². The molecule has 1 fully saturated rings. The summed E-state index contributed by atoms with van der Waals surface area (Å²) in [5, 5.41) is 11.6. The number of furan rings is 1. The Hall–Kier alpha value is -4.58. The lowest BCUT2D eigenvalue weighted by atomic mass is 10.2. The highest BCUT2D eigenvalue weighted by Gasteiger charge is 2.34. The molecule has 0 radical (unpaired) electrons. The maximum absolute atomic E-state index is 12.9. The van der Waals surface area contributed by atoms with Crippen LogP contribution in [0.1, 0.15) is 38.8 Å². The van der Waals surface area contributed by atoms with Crippen molar-refractivity contribution in [2.75, 3.05) is 7.11 Å². The number of imide groups is 1. The molecule has 1 N–H and O–H groups in total. The predicted octanol–water partition coefficient (Wildman–Crippen LogP) is 3.44. The maximum Gasteiger partial charge on any atom is 0.373 e. The highest BCUT2D eigenvalue weighted by molar-refractivity contribution is 6.13. The molecule has 3 heterocycles. The van der Waals surface area contributed by atoms with Crippen molar-refractivity contribution in [3.63, 3.8) is 0 Å². The molecule has 9 nitrogen and oxygen atoms in total. The van der Waals surface area contributed by atoms with Crippen molar-refractivity contribution in [2.24, 2.45) is 0 Å². The summed E-state index contributed by atoms with van der Waals surface area (Å²) in [4.78, 5) is 37.8. The number of carbonyl (C=O) groups is 3. The van der Waals surface area contributed by atoms with Crippen molar-refractivity contribution in [3.05, 3.63) is 82.2 Å². The molecular weight excluding hydrogens is 424 g/mol. The van der Waals surface area contributed by atoms with Gasteiger partial charge in [-0.2, -0.15) is 5.26 Å². The molecule has 4 rings (SSSR count). The zero-order valence-corrected chi connectivity index (χ0v) is 18.2. The standard InChI is InChI=1S/C24H20N4O5/c1-14-10-17(15(2)28(14)18-6-4-16(12-25)5-7-18)11-20-22(29)27(24(31)26-20)13-19-8-9-21(33-19)23(30)32-3/h4-11H,13H2,1-3H3,(H,26,31)/b20-11-. The van der Waals surface area contributed by atoms with E-state index in [0.29, 0.717) is 5.56 Å². The summed E-state index contributed by atoms with van der Waals surface area (Å²) < 4.78 is 12.0. The number of hydrogen-bond acceptors (Lipinski definition) is 6. The van der Waals surface area contributed by atoms with E-state index in [-0.39, 0.29) is 23.8 Å². The molecule has 3 amide bonds. The van der Waals surface area contributed by atoms with Crippen molar-refractivity contribution in [3.8, 4) is 11.8 Å². The third-order valence-corrected chi connectivity index (χ3v) is 5.35. The van der Waals surface area contributed by atoms with Gasteiger partial charge in [0.15, 0.2) is 0 Å². The summed E-state index contributed by atoms with van der Waals surface area (Å²) in [5.74, 6) is -0.874. The summed E-state index contributed by atoms with van der Waals surface area (Å²) >= 11 is 0. The van der Waals surface area contributed by atoms with Gasteiger partial charge in [-0.25, -0.2) is 9.59 Å². The number of benzene rings is 1. The minimum absolute atomic E-state index is 0.00874. The van der Waals surface area contributed by atoms with E-state index in [1.54, 1.807) is 18.2 Å². The van der Waals surface area contributed by atoms with Crippen LogP contribution in [0.3, 0.4) is 0 Å². The lowest BCUT2D eigenvalue weighted by Crippen LogP contribution is -2.30. The second-order valence-electron chi connectivity index (χ2n) is 7.46. The largest absolute Gasteiger partial charge is 0.463 e. The summed E-state index contributed by atoms with van der Waals surface area (Å²) in [7, 11) is 1.23. The molecule has 0 aliphatic carbocycles. The fourth-order valence-electron chi connectivity index (χ4n) is 3.72. The predicted molar refractivity (Wildman–Crippen MR) is 117 cm³/mol. The van der Waals surface area contributed by atoms with Crippen LogP contribution in [0.5, 0.6) is 0 Å². The first-order chi connectivity index (χ1) is 15.8.